The van der Waals surface area contributed by atoms with Crippen LogP contribution in [0, 0.1) is 0 Å². The summed E-state index contributed by atoms with van der Waals surface area (Å²) in [6.07, 6.45) is 1.49. The number of methoxy groups -OCH3 is 4. The summed E-state index contributed by atoms with van der Waals surface area (Å²) in [5, 5.41) is 0. The van der Waals surface area contributed by atoms with E-state index in [9.17, 15) is 0 Å². The largest absolute Gasteiger partial charge is 0.497 e. The summed E-state index contributed by atoms with van der Waals surface area (Å²) >= 11 is 7.50. The average Bonchev–Trinajstić information content (AvgIpc) is 3.15. The SMILES string of the molecule is COc1cc(CC2(Cc3cc(OC)cc(OC)c3)c3cc(Br)ccc3-c3ccc(Br)cc32)cc(OC)c1. The summed E-state index contributed by atoms with van der Waals surface area (Å²) in [5.74, 6) is 3.09. The lowest BCUT2D eigenvalue weighted by molar-refractivity contribution is 0.391. The van der Waals surface area contributed by atoms with Crippen molar-refractivity contribution in [3.8, 4) is 34.1 Å². The Hall–Kier alpha value is -2.96. The molecule has 1 aliphatic carbocycles. The molecule has 0 amide bonds. The van der Waals surface area contributed by atoms with E-state index in [0.717, 1.165) is 55.9 Å². The second kappa shape index (κ2) is 10.4. The molecule has 0 saturated heterocycles. The molecular weight excluding hydrogens is 596 g/mol. The molecule has 0 atom stereocenters. The van der Waals surface area contributed by atoms with Gasteiger partial charge in [0.1, 0.15) is 23.0 Å². The van der Waals surface area contributed by atoms with Crippen LogP contribution in [0.5, 0.6) is 23.0 Å². The van der Waals surface area contributed by atoms with E-state index in [0.29, 0.717) is 0 Å². The molecule has 4 aromatic carbocycles. The quantitative estimate of drug-likeness (QED) is 0.199. The van der Waals surface area contributed by atoms with Gasteiger partial charge in [-0.05, 0) is 94.8 Å². The highest BCUT2D eigenvalue weighted by molar-refractivity contribution is 9.10. The molecule has 0 aromatic heterocycles. The first-order valence-corrected chi connectivity index (χ1v) is 13.5. The van der Waals surface area contributed by atoms with Crippen LogP contribution in [-0.4, -0.2) is 28.4 Å². The van der Waals surface area contributed by atoms with Crippen LogP contribution in [-0.2, 0) is 18.3 Å². The van der Waals surface area contributed by atoms with Gasteiger partial charge in [0.15, 0.2) is 0 Å². The molecule has 6 heteroatoms. The number of fused-ring (bicyclic) bond motifs is 3. The topological polar surface area (TPSA) is 36.9 Å². The molecule has 0 heterocycles. The summed E-state index contributed by atoms with van der Waals surface area (Å²) in [6, 6.07) is 25.4. The Morgan fingerprint density at radius 1 is 0.514 bits per heavy atom. The van der Waals surface area contributed by atoms with E-state index in [1.165, 1.54) is 22.3 Å². The van der Waals surface area contributed by atoms with Gasteiger partial charge < -0.3 is 18.9 Å². The first-order valence-electron chi connectivity index (χ1n) is 11.9. The molecule has 0 bridgehead atoms. The van der Waals surface area contributed by atoms with Crippen molar-refractivity contribution in [2.45, 2.75) is 18.3 Å². The van der Waals surface area contributed by atoms with Gasteiger partial charge in [-0.15, -0.1) is 0 Å². The highest BCUT2D eigenvalue weighted by atomic mass is 79.9. The van der Waals surface area contributed by atoms with Crippen molar-refractivity contribution in [3.63, 3.8) is 0 Å². The van der Waals surface area contributed by atoms with E-state index in [2.05, 4.69) is 92.5 Å². The fourth-order valence-corrected chi connectivity index (χ4v) is 6.24. The third-order valence-corrected chi connectivity index (χ3v) is 8.11. The first kappa shape index (κ1) is 25.7. The number of ether oxygens (including phenoxy) is 4. The number of benzene rings is 4. The molecule has 1 aliphatic rings. The van der Waals surface area contributed by atoms with Crippen molar-refractivity contribution in [2.24, 2.45) is 0 Å². The second-order valence-electron chi connectivity index (χ2n) is 9.26. The zero-order chi connectivity index (χ0) is 26.2. The fraction of sp³-hybridized carbons (Fsp3) is 0.226. The molecule has 37 heavy (non-hydrogen) atoms. The van der Waals surface area contributed by atoms with Gasteiger partial charge in [0, 0.05) is 26.5 Å². The molecule has 0 radical (unpaired) electrons. The Bertz CT molecular complexity index is 1310. The van der Waals surface area contributed by atoms with Crippen LogP contribution < -0.4 is 18.9 Å². The highest BCUT2D eigenvalue weighted by Crippen LogP contribution is 2.54. The average molecular weight is 624 g/mol. The van der Waals surface area contributed by atoms with Gasteiger partial charge in [0.2, 0.25) is 0 Å². The van der Waals surface area contributed by atoms with Crippen LogP contribution in [0.15, 0.2) is 81.7 Å². The van der Waals surface area contributed by atoms with Crippen LogP contribution in [0.25, 0.3) is 11.1 Å². The van der Waals surface area contributed by atoms with Crippen molar-refractivity contribution in [2.75, 3.05) is 28.4 Å². The maximum atomic E-state index is 5.62. The minimum Gasteiger partial charge on any atom is -0.497 e. The number of rotatable bonds is 8. The van der Waals surface area contributed by atoms with Crippen LogP contribution >= 0.6 is 31.9 Å². The van der Waals surface area contributed by atoms with E-state index >= 15 is 0 Å². The predicted octanol–water partition coefficient (Wildman–Crippen LogP) is 8.00. The number of halogens is 2. The van der Waals surface area contributed by atoms with E-state index in [-0.39, 0.29) is 5.41 Å². The Kier molecular flexibility index (Phi) is 7.24. The lowest BCUT2D eigenvalue weighted by Gasteiger charge is -2.33. The minimum atomic E-state index is -0.368. The van der Waals surface area contributed by atoms with Crippen molar-refractivity contribution in [3.05, 3.63) is 104 Å². The maximum Gasteiger partial charge on any atom is 0.122 e. The Morgan fingerprint density at radius 2 is 0.865 bits per heavy atom. The zero-order valence-electron chi connectivity index (χ0n) is 21.2. The van der Waals surface area contributed by atoms with Gasteiger partial charge in [-0.1, -0.05) is 44.0 Å². The van der Waals surface area contributed by atoms with Gasteiger partial charge in [-0.25, -0.2) is 0 Å². The smallest absolute Gasteiger partial charge is 0.122 e. The molecule has 4 nitrogen and oxygen atoms in total. The van der Waals surface area contributed by atoms with Crippen LogP contribution in [0.4, 0.5) is 0 Å². The van der Waals surface area contributed by atoms with Gasteiger partial charge in [0.25, 0.3) is 0 Å². The van der Waals surface area contributed by atoms with Crippen LogP contribution in [0.2, 0.25) is 0 Å². The molecule has 4 aromatic rings. The summed E-state index contributed by atoms with van der Waals surface area (Å²) in [4.78, 5) is 0. The Morgan fingerprint density at radius 3 is 1.19 bits per heavy atom. The van der Waals surface area contributed by atoms with Crippen LogP contribution in [0.1, 0.15) is 22.3 Å². The predicted molar refractivity (Wildman–Crippen MR) is 155 cm³/mol. The van der Waals surface area contributed by atoms with Crippen molar-refractivity contribution >= 4 is 31.9 Å². The minimum absolute atomic E-state index is 0.368. The second-order valence-corrected chi connectivity index (χ2v) is 11.1. The normalized spacial score (nSPS) is 13.0. The molecular formula is C31H28Br2O4. The van der Waals surface area contributed by atoms with Gasteiger partial charge in [-0.3, -0.25) is 0 Å². The Balaban J connectivity index is 1.78. The first-order chi connectivity index (χ1) is 17.9. The molecule has 190 valence electrons. The van der Waals surface area contributed by atoms with E-state index < -0.39 is 0 Å². The summed E-state index contributed by atoms with van der Waals surface area (Å²) in [5.41, 5.74) is 6.94. The summed E-state index contributed by atoms with van der Waals surface area (Å²) in [6.45, 7) is 0. The van der Waals surface area contributed by atoms with E-state index in [1.807, 2.05) is 12.1 Å². The third-order valence-electron chi connectivity index (χ3n) is 7.12. The van der Waals surface area contributed by atoms with E-state index in [4.69, 9.17) is 18.9 Å². The van der Waals surface area contributed by atoms with Crippen LogP contribution in [0.3, 0.4) is 0 Å². The third kappa shape index (κ3) is 4.85. The maximum absolute atomic E-state index is 5.62. The summed E-state index contributed by atoms with van der Waals surface area (Å²) in [7, 11) is 6.74. The molecule has 0 unspecified atom stereocenters. The van der Waals surface area contributed by atoms with E-state index in [1.54, 1.807) is 28.4 Å². The summed E-state index contributed by atoms with van der Waals surface area (Å²) < 4.78 is 24.6. The molecule has 0 N–H and O–H groups in total. The molecule has 0 aliphatic heterocycles. The van der Waals surface area contributed by atoms with Crippen molar-refractivity contribution in [1.29, 1.82) is 0 Å². The number of hydrogen-bond acceptors (Lipinski definition) is 4. The van der Waals surface area contributed by atoms with Crippen molar-refractivity contribution < 1.29 is 18.9 Å². The van der Waals surface area contributed by atoms with Gasteiger partial charge in [0.05, 0.1) is 28.4 Å². The molecule has 0 saturated carbocycles. The molecule has 5 rings (SSSR count). The Labute approximate surface area is 234 Å². The lowest BCUT2D eigenvalue weighted by Crippen LogP contribution is -2.31. The zero-order valence-corrected chi connectivity index (χ0v) is 24.4. The fourth-order valence-electron chi connectivity index (χ4n) is 5.52. The number of hydrogen-bond donors (Lipinski definition) is 0. The van der Waals surface area contributed by atoms with Gasteiger partial charge >= 0.3 is 0 Å². The van der Waals surface area contributed by atoms with Crippen molar-refractivity contribution in [1.82, 2.24) is 0 Å². The van der Waals surface area contributed by atoms with Gasteiger partial charge in [-0.2, -0.15) is 0 Å². The molecule has 0 spiro atoms. The monoisotopic (exact) mass is 622 g/mol. The standard InChI is InChI=1S/C31H28Br2O4/c1-34-23-9-19(10-24(15-23)35-2)17-31(18-20-11-25(36-3)16-26(12-20)37-4)29-13-21(32)5-7-27(29)28-8-6-22(33)14-30(28)31/h5-16H,17-18H2,1-4H3. The highest BCUT2D eigenvalue weighted by Gasteiger charge is 2.44. The lowest BCUT2D eigenvalue weighted by atomic mass is 9.69. The molecule has 0 fully saturated rings.